The molecule has 0 aromatic heterocycles. The molecule has 25 heavy (non-hydrogen) atoms. The predicted molar refractivity (Wildman–Crippen MR) is 101 cm³/mol. The predicted octanol–water partition coefficient (Wildman–Crippen LogP) is 3.90. The first-order chi connectivity index (χ1) is 11.8. The lowest BCUT2D eigenvalue weighted by molar-refractivity contribution is -0.125. The summed E-state index contributed by atoms with van der Waals surface area (Å²) >= 11 is 6.11. The number of hydrogen-bond acceptors (Lipinski definition) is 3. The van der Waals surface area contributed by atoms with Crippen LogP contribution in [-0.4, -0.2) is 23.4 Å². The Morgan fingerprint density at radius 1 is 1.16 bits per heavy atom. The molecular formula is C19H20ClN3O2. The quantitative estimate of drug-likeness (QED) is 0.875. The summed E-state index contributed by atoms with van der Waals surface area (Å²) in [4.78, 5) is 27.2. The lowest BCUT2D eigenvalue weighted by atomic mass is 9.96. The highest BCUT2D eigenvalue weighted by Crippen LogP contribution is 2.36. The standard InChI is InChI=1S/C19H20ClN3O2/c1-12(17(24)21-14-9-5-4-8-13(14)20)23-16-11-7-6-10-15(16)22-19(2,3)18(23)25/h4-12,22H,1-3H3,(H,21,24). The topological polar surface area (TPSA) is 61.4 Å². The SMILES string of the molecule is CC(C(=O)Nc1ccccc1Cl)N1C(=O)C(C)(C)Nc2ccccc21. The molecule has 0 fully saturated rings. The Bertz CT molecular complexity index is 835. The maximum atomic E-state index is 12.9. The van der Waals surface area contributed by atoms with E-state index in [2.05, 4.69) is 10.6 Å². The Hall–Kier alpha value is -2.53. The fourth-order valence-corrected chi connectivity index (χ4v) is 3.07. The Labute approximate surface area is 152 Å². The molecule has 0 saturated heterocycles. The molecule has 0 aliphatic carbocycles. The van der Waals surface area contributed by atoms with Crippen LogP contribution in [0.2, 0.25) is 5.02 Å². The van der Waals surface area contributed by atoms with Crippen molar-refractivity contribution in [2.24, 2.45) is 0 Å². The highest BCUT2D eigenvalue weighted by Gasteiger charge is 2.42. The van der Waals surface area contributed by atoms with Crippen LogP contribution < -0.4 is 15.5 Å². The third-order valence-corrected chi connectivity index (χ3v) is 4.59. The van der Waals surface area contributed by atoms with Gasteiger partial charge in [0.1, 0.15) is 11.6 Å². The molecule has 0 radical (unpaired) electrons. The van der Waals surface area contributed by atoms with Crippen LogP contribution in [0.4, 0.5) is 17.1 Å². The molecule has 1 atom stereocenters. The van der Waals surface area contributed by atoms with Crippen LogP contribution in [0.3, 0.4) is 0 Å². The maximum absolute atomic E-state index is 12.9. The minimum Gasteiger partial charge on any atom is -0.370 e. The number of para-hydroxylation sites is 3. The number of nitrogens with zero attached hydrogens (tertiary/aromatic N) is 1. The summed E-state index contributed by atoms with van der Waals surface area (Å²) in [6.07, 6.45) is 0. The van der Waals surface area contributed by atoms with E-state index in [1.54, 1.807) is 45.0 Å². The van der Waals surface area contributed by atoms with Crippen molar-refractivity contribution >= 4 is 40.5 Å². The molecule has 2 amide bonds. The normalized spacial score (nSPS) is 16.6. The Morgan fingerprint density at radius 3 is 2.52 bits per heavy atom. The van der Waals surface area contributed by atoms with Crippen molar-refractivity contribution < 1.29 is 9.59 Å². The smallest absolute Gasteiger partial charge is 0.252 e. The van der Waals surface area contributed by atoms with Crippen LogP contribution in [0.25, 0.3) is 0 Å². The van der Waals surface area contributed by atoms with Gasteiger partial charge in [-0.25, -0.2) is 0 Å². The number of hydrogen-bond donors (Lipinski definition) is 2. The van der Waals surface area contributed by atoms with E-state index >= 15 is 0 Å². The Balaban J connectivity index is 1.92. The molecule has 130 valence electrons. The van der Waals surface area contributed by atoms with Gasteiger partial charge in [0.2, 0.25) is 5.91 Å². The van der Waals surface area contributed by atoms with Gasteiger partial charge in [0.25, 0.3) is 5.91 Å². The average Bonchev–Trinajstić information content (AvgIpc) is 2.57. The van der Waals surface area contributed by atoms with Crippen molar-refractivity contribution in [2.75, 3.05) is 15.5 Å². The fourth-order valence-electron chi connectivity index (χ4n) is 2.89. The summed E-state index contributed by atoms with van der Waals surface area (Å²) < 4.78 is 0. The third-order valence-electron chi connectivity index (χ3n) is 4.26. The largest absolute Gasteiger partial charge is 0.370 e. The summed E-state index contributed by atoms with van der Waals surface area (Å²) in [6.45, 7) is 5.32. The van der Waals surface area contributed by atoms with Gasteiger partial charge in [-0.1, -0.05) is 35.9 Å². The van der Waals surface area contributed by atoms with E-state index in [1.807, 2.05) is 24.3 Å². The molecule has 2 N–H and O–H groups in total. The molecule has 1 aliphatic heterocycles. The van der Waals surface area contributed by atoms with Gasteiger partial charge in [0, 0.05) is 0 Å². The van der Waals surface area contributed by atoms with Crippen molar-refractivity contribution in [3.8, 4) is 0 Å². The second-order valence-corrected chi connectivity index (χ2v) is 6.99. The van der Waals surface area contributed by atoms with Crippen LogP contribution in [0.15, 0.2) is 48.5 Å². The first kappa shape index (κ1) is 17.3. The monoisotopic (exact) mass is 357 g/mol. The zero-order chi connectivity index (χ0) is 18.2. The number of amides is 2. The summed E-state index contributed by atoms with van der Waals surface area (Å²) in [5.41, 5.74) is 1.24. The number of anilines is 3. The molecule has 0 saturated carbocycles. The van der Waals surface area contributed by atoms with Gasteiger partial charge in [-0.15, -0.1) is 0 Å². The molecule has 0 bridgehead atoms. The maximum Gasteiger partial charge on any atom is 0.252 e. The van der Waals surface area contributed by atoms with Crippen molar-refractivity contribution in [1.82, 2.24) is 0 Å². The van der Waals surface area contributed by atoms with E-state index < -0.39 is 11.6 Å². The van der Waals surface area contributed by atoms with Crippen molar-refractivity contribution in [1.29, 1.82) is 0 Å². The molecule has 5 nitrogen and oxygen atoms in total. The van der Waals surface area contributed by atoms with Crippen molar-refractivity contribution in [2.45, 2.75) is 32.4 Å². The second kappa shape index (κ2) is 6.41. The summed E-state index contributed by atoms with van der Waals surface area (Å²) in [7, 11) is 0. The molecule has 0 spiro atoms. The van der Waals surface area contributed by atoms with Crippen molar-refractivity contribution in [3.63, 3.8) is 0 Å². The van der Waals surface area contributed by atoms with Crippen LogP contribution in [0, 0.1) is 0 Å². The number of nitrogens with one attached hydrogen (secondary N) is 2. The van der Waals surface area contributed by atoms with E-state index in [4.69, 9.17) is 11.6 Å². The van der Waals surface area contributed by atoms with Gasteiger partial charge in [-0.2, -0.15) is 0 Å². The highest BCUT2D eigenvalue weighted by atomic mass is 35.5. The van der Waals surface area contributed by atoms with E-state index in [0.717, 1.165) is 5.69 Å². The van der Waals surface area contributed by atoms with Gasteiger partial charge in [0.15, 0.2) is 0 Å². The van der Waals surface area contributed by atoms with E-state index in [-0.39, 0.29) is 11.8 Å². The minimum absolute atomic E-state index is 0.159. The van der Waals surface area contributed by atoms with Gasteiger partial charge in [0.05, 0.1) is 22.1 Å². The molecule has 1 aliphatic rings. The molecule has 1 unspecified atom stereocenters. The molecule has 6 heteroatoms. The number of carbonyl (C=O) groups is 2. The van der Waals surface area contributed by atoms with Gasteiger partial charge in [-0.3, -0.25) is 14.5 Å². The first-order valence-electron chi connectivity index (χ1n) is 8.07. The molecule has 2 aromatic carbocycles. The summed E-state index contributed by atoms with van der Waals surface area (Å²) in [5.74, 6) is -0.457. The van der Waals surface area contributed by atoms with E-state index in [0.29, 0.717) is 16.4 Å². The molecular weight excluding hydrogens is 338 g/mol. The van der Waals surface area contributed by atoms with Gasteiger partial charge < -0.3 is 10.6 Å². The lowest BCUT2D eigenvalue weighted by Crippen LogP contribution is -2.58. The Kier molecular flexibility index (Phi) is 4.43. The zero-order valence-electron chi connectivity index (χ0n) is 14.3. The van der Waals surface area contributed by atoms with Gasteiger partial charge in [-0.05, 0) is 45.0 Å². The van der Waals surface area contributed by atoms with E-state index in [1.165, 1.54) is 4.90 Å². The van der Waals surface area contributed by atoms with E-state index in [9.17, 15) is 9.59 Å². The highest BCUT2D eigenvalue weighted by molar-refractivity contribution is 6.33. The second-order valence-electron chi connectivity index (χ2n) is 6.59. The molecule has 1 heterocycles. The number of fused-ring (bicyclic) bond motifs is 1. The fraction of sp³-hybridized carbons (Fsp3) is 0.263. The summed E-state index contributed by atoms with van der Waals surface area (Å²) in [5, 5.41) is 6.48. The average molecular weight is 358 g/mol. The van der Waals surface area contributed by atoms with Crippen LogP contribution in [0.1, 0.15) is 20.8 Å². The van der Waals surface area contributed by atoms with Crippen LogP contribution >= 0.6 is 11.6 Å². The lowest BCUT2D eigenvalue weighted by Gasteiger charge is -2.42. The zero-order valence-corrected chi connectivity index (χ0v) is 15.1. The van der Waals surface area contributed by atoms with Crippen molar-refractivity contribution in [3.05, 3.63) is 53.6 Å². The van der Waals surface area contributed by atoms with Gasteiger partial charge >= 0.3 is 0 Å². The molecule has 3 rings (SSSR count). The first-order valence-corrected chi connectivity index (χ1v) is 8.45. The third kappa shape index (κ3) is 3.20. The minimum atomic E-state index is -0.798. The van der Waals surface area contributed by atoms with Crippen LogP contribution in [-0.2, 0) is 9.59 Å². The molecule has 2 aromatic rings. The summed E-state index contributed by atoms with van der Waals surface area (Å²) in [6, 6.07) is 13.8. The Morgan fingerprint density at radius 2 is 1.80 bits per heavy atom. The van der Waals surface area contributed by atoms with Crippen LogP contribution in [0.5, 0.6) is 0 Å². The number of carbonyl (C=O) groups excluding carboxylic acids is 2. The number of halogens is 1. The number of rotatable bonds is 3. The number of benzene rings is 2.